The van der Waals surface area contributed by atoms with Crippen LogP contribution in [0.3, 0.4) is 0 Å². The first-order valence-corrected chi connectivity index (χ1v) is 7.06. The first-order chi connectivity index (χ1) is 8.45. The molecule has 0 N–H and O–H groups in total. The van der Waals surface area contributed by atoms with Crippen molar-refractivity contribution in [3.05, 3.63) is 61.2 Å². The average molecular weight is 317 g/mol. The molecular formula is C14H18Cl2N2S. The van der Waals surface area contributed by atoms with Crippen molar-refractivity contribution < 1.29 is 33.9 Å². The van der Waals surface area contributed by atoms with Crippen molar-refractivity contribution in [2.45, 2.75) is 13.1 Å². The van der Waals surface area contributed by atoms with Gasteiger partial charge in [-0.15, -0.1) is 11.8 Å². The lowest BCUT2D eigenvalue weighted by Crippen LogP contribution is -3.00. The molecule has 2 aromatic rings. The van der Waals surface area contributed by atoms with Crippen LogP contribution in [0.25, 0.3) is 0 Å². The maximum atomic E-state index is 2.22. The Balaban J connectivity index is 0.00000162. The van der Waals surface area contributed by atoms with Crippen LogP contribution in [-0.4, -0.2) is 11.5 Å². The van der Waals surface area contributed by atoms with E-state index in [0.29, 0.717) is 0 Å². The Bertz CT molecular complexity index is 384. The Morgan fingerprint density at radius 1 is 0.579 bits per heavy atom. The normalized spacial score (nSPS) is 9.26. The first-order valence-electron chi connectivity index (χ1n) is 5.91. The van der Waals surface area contributed by atoms with E-state index in [0.717, 1.165) is 13.1 Å². The topological polar surface area (TPSA) is 7.76 Å². The molecule has 0 aromatic carbocycles. The van der Waals surface area contributed by atoms with Crippen molar-refractivity contribution in [1.82, 2.24) is 0 Å². The van der Waals surface area contributed by atoms with E-state index >= 15 is 0 Å². The van der Waals surface area contributed by atoms with Crippen molar-refractivity contribution in [3.63, 3.8) is 0 Å². The van der Waals surface area contributed by atoms with Gasteiger partial charge in [0.1, 0.15) is 0 Å². The minimum absolute atomic E-state index is 0. The summed E-state index contributed by atoms with van der Waals surface area (Å²) in [7, 11) is 0. The lowest BCUT2D eigenvalue weighted by molar-refractivity contribution is -0.693. The van der Waals surface area contributed by atoms with Gasteiger partial charge in [-0.2, -0.15) is 0 Å². The van der Waals surface area contributed by atoms with Gasteiger partial charge in [-0.25, -0.2) is 9.13 Å². The molecule has 0 atom stereocenters. The molecule has 0 aliphatic heterocycles. The molecule has 0 unspecified atom stereocenters. The number of nitrogens with zero attached hydrogens (tertiary/aromatic N) is 2. The standard InChI is InChI=1S/C14H18N2S.2ClH/c1-3-7-15(8-4-1)11-13-17-14-12-16-9-5-2-6-10-16;;/h1-10H,11-14H2;2*1H/q+2;;/p-2. The summed E-state index contributed by atoms with van der Waals surface area (Å²) in [6.07, 6.45) is 8.47. The monoisotopic (exact) mass is 316 g/mol. The van der Waals surface area contributed by atoms with E-state index in [1.165, 1.54) is 11.5 Å². The summed E-state index contributed by atoms with van der Waals surface area (Å²) in [5.41, 5.74) is 0. The van der Waals surface area contributed by atoms with Crippen molar-refractivity contribution in [2.24, 2.45) is 0 Å². The van der Waals surface area contributed by atoms with Gasteiger partial charge in [0.15, 0.2) is 37.9 Å². The molecule has 2 rings (SSSR count). The van der Waals surface area contributed by atoms with Crippen LogP contribution in [0.4, 0.5) is 0 Å². The predicted molar refractivity (Wildman–Crippen MR) is 70.6 cm³/mol. The Labute approximate surface area is 131 Å². The number of hydrogen-bond acceptors (Lipinski definition) is 1. The summed E-state index contributed by atoms with van der Waals surface area (Å²) in [6.45, 7) is 2.18. The van der Waals surface area contributed by atoms with Gasteiger partial charge in [-0.05, 0) is 0 Å². The minimum Gasteiger partial charge on any atom is -1.00 e. The maximum absolute atomic E-state index is 2.22. The van der Waals surface area contributed by atoms with Gasteiger partial charge in [0.2, 0.25) is 0 Å². The summed E-state index contributed by atoms with van der Waals surface area (Å²) in [6, 6.07) is 12.4. The third-order valence-electron chi connectivity index (χ3n) is 2.54. The zero-order valence-corrected chi connectivity index (χ0v) is 13.0. The summed E-state index contributed by atoms with van der Waals surface area (Å²) >= 11 is 2.00. The highest BCUT2D eigenvalue weighted by atomic mass is 35.5. The van der Waals surface area contributed by atoms with Crippen LogP contribution in [0.15, 0.2) is 61.2 Å². The second kappa shape index (κ2) is 11.1. The molecule has 2 aromatic heterocycles. The molecule has 104 valence electrons. The van der Waals surface area contributed by atoms with Gasteiger partial charge in [0, 0.05) is 24.3 Å². The lowest BCUT2D eigenvalue weighted by atomic mass is 10.5. The molecule has 0 aliphatic carbocycles. The van der Waals surface area contributed by atoms with Crippen LogP contribution in [0.1, 0.15) is 0 Å². The van der Waals surface area contributed by atoms with Crippen LogP contribution < -0.4 is 33.9 Å². The molecule has 5 heteroatoms. The van der Waals surface area contributed by atoms with Gasteiger partial charge < -0.3 is 24.8 Å². The maximum Gasteiger partial charge on any atom is 0.168 e. The number of thioether (sulfide) groups is 1. The van der Waals surface area contributed by atoms with Crippen molar-refractivity contribution >= 4 is 11.8 Å². The summed E-state index contributed by atoms with van der Waals surface area (Å²) in [4.78, 5) is 0. The molecule has 2 heterocycles. The van der Waals surface area contributed by atoms with Crippen LogP contribution in [-0.2, 0) is 13.1 Å². The number of aromatic nitrogens is 2. The predicted octanol–water partition coefficient (Wildman–Crippen LogP) is -4.30. The van der Waals surface area contributed by atoms with Crippen LogP contribution in [0.2, 0.25) is 0 Å². The molecule has 2 nitrogen and oxygen atoms in total. The van der Waals surface area contributed by atoms with E-state index in [1.807, 2.05) is 11.8 Å². The summed E-state index contributed by atoms with van der Waals surface area (Å²) in [5.74, 6) is 2.34. The van der Waals surface area contributed by atoms with E-state index in [2.05, 4.69) is 70.3 Å². The van der Waals surface area contributed by atoms with E-state index in [1.54, 1.807) is 0 Å². The van der Waals surface area contributed by atoms with Gasteiger partial charge in [0.05, 0.1) is 11.5 Å². The molecule has 0 radical (unpaired) electrons. The van der Waals surface area contributed by atoms with Crippen molar-refractivity contribution in [1.29, 1.82) is 0 Å². The number of pyridine rings is 2. The summed E-state index contributed by atoms with van der Waals surface area (Å²) in [5, 5.41) is 0. The fraction of sp³-hybridized carbons (Fsp3) is 0.286. The second-order valence-corrected chi connectivity index (χ2v) is 5.06. The third kappa shape index (κ3) is 7.41. The molecule has 0 saturated heterocycles. The lowest BCUT2D eigenvalue weighted by Gasteiger charge is -1.97. The van der Waals surface area contributed by atoms with Gasteiger partial charge in [-0.1, -0.05) is 12.1 Å². The zero-order chi connectivity index (χ0) is 11.8. The van der Waals surface area contributed by atoms with E-state index in [4.69, 9.17) is 0 Å². The molecule has 0 spiro atoms. The average Bonchev–Trinajstić information content (AvgIpc) is 2.41. The number of rotatable bonds is 6. The Morgan fingerprint density at radius 3 is 1.32 bits per heavy atom. The number of aryl methyl sites for hydroxylation is 2. The Kier molecular flexibility index (Phi) is 10.6. The number of halogens is 2. The summed E-state index contributed by atoms with van der Waals surface area (Å²) < 4.78 is 4.45. The zero-order valence-electron chi connectivity index (χ0n) is 10.7. The molecule has 0 amide bonds. The van der Waals surface area contributed by atoms with Crippen LogP contribution in [0.5, 0.6) is 0 Å². The molecule has 19 heavy (non-hydrogen) atoms. The SMILES string of the molecule is [Cl-].[Cl-].c1cc[n+](CCSCC[n+]2ccccc2)cc1. The van der Waals surface area contributed by atoms with Gasteiger partial charge in [-0.3, -0.25) is 0 Å². The fourth-order valence-corrected chi connectivity index (χ4v) is 2.49. The Morgan fingerprint density at radius 2 is 0.947 bits per heavy atom. The van der Waals surface area contributed by atoms with E-state index in [-0.39, 0.29) is 24.8 Å². The molecule has 0 fully saturated rings. The number of hydrogen-bond donors (Lipinski definition) is 0. The van der Waals surface area contributed by atoms with Crippen LogP contribution in [0, 0.1) is 0 Å². The first kappa shape index (κ1) is 18.2. The highest BCUT2D eigenvalue weighted by molar-refractivity contribution is 7.99. The quantitative estimate of drug-likeness (QED) is 0.387. The highest BCUT2D eigenvalue weighted by Gasteiger charge is 2.00. The van der Waals surface area contributed by atoms with Crippen molar-refractivity contribution in [2.75, 3.05) is 11.5 Å². The Hall–Kier alpha value is -0.770. The molecule has 0 aliphatic rings. The highest BCUT2D eigenvalue weighted by Crippen LogP contribution is 1.98. The largest absolute Gasteiger partial charge is 1.00 e. The van der Waals surface area contributed by atoms with E-state index < -0.39 is 0 Å². The molecular weight excluding hydrogens is 299 g/mol. The molecule has 0 saturated carbocycles. The molecule has 0 bridgehead atoms. The smallest absolute Gasteiger partial charge is 0.168 e. The van der Waals surface area contributed by atoms with Gasteiger partial charge >= 0.3 is 0 Å². The van der Waals surface area contributed by atoms with Gasteiger partial charge in [0.25, 0.3) is 0 Å². The fourth-order valence-electron chi connectivity index (χ4n) is 1.61. The second-order valence-electron chi connectivity index (χ2n) is 3.84. The van der Waals surface area contributed by atoms with E-state index in [9.17, 15) is 0 Å². The van der Waals surface area contributed by atoms with Crippen LogP contribution >= 0.6 is 11.8 Å². The third-order valence-corrected chi connectivity index (χ3v) is 3.48. The van der Waals surface area contributed by atoms with Crippen molar-refractivity contribution in [3.8, 4) is 0 Å². The minimum atomic E-state index is 0.